The van der Waals surface area contributed by atoms with Gasteiger partial charge in [-0.1, -0.05) is 20.8 Å². The summed E-state index contributed by atoms with van der Waals surface area (Å²) in [6.07, 6.45) is 1.86. The van der Waals surface area contributed by atoms with Crippen molar-refractivity contribution in [3.8, 4) is 0 Å². The summed E-state index contributed by atoms with van der Waals surface area (Å²) in [7, 11) is -7.01. The third kappa shape index (κ3) is 4.57. The summed E-state index contributed by atoms with van der Waals surface area (Å²) in [6.45, 7) is 5.68. The Morgan fingerprint density at radius 2 is 1.85 bits per heavy atom. The first-order valence-corrected chi connectivity index (χ1v) is 9.74. The van der Waals surface area contributed by atoms with Crippen molar-refractivity contribution in [2.45, 2.75) is 44.7 Å². The molecular weight excluding hydrogens is 302 g/mol. The van der Waals surface area contributed by atoms with Crippen LogP contribution < -0.4 is 5.14 Å². The van der Waals surface area contributed by atoms with Gasteiger partial charge in [0.15, 0.2) is 14.9 Å². The second-order valence-corrected chi connectivity index (χ2v) is 8.79. The van der Waals surface area contributed by atoms with Crippen LogP contribution in [-0.4, -0.2) is 37.9 Å². The predicted octanol–water partition coefficient (Wildman–Crippen LogP) is 0.479. The van der Waals surface area contributed by atoms with E-state index >= 15 is 0 Å². The van der Waals surface area contributed by atoms with Crippen molar-refractivity contribution in [3.05, 3.63) is 12.0 Å². The summed E-state index contributed by atoms with van der Waals surface area (Å²) >= 11 is 0. The van der Waals surface area contributed by atoms with Gasteiger partial charge in [0.25, 0.3) is 10.0 Å². The molecule has 0 aliphatic heterocycles. The van der Waals surface area contributed by atoms with Crippen LogP contribution in [0.3, 0.4) is 0 Å². The van der Waals surface area contributed by atoms with Crippen LogP contribution in [0.2, 0.25) is 0 Å². The van der Waals surface area contributed by atoms with Crippen LogP contribution in [0.15, 0.2) is 11.2 Å². The Bertz CT molecular complexity index is 660. The van der Waals surface area contributed by atoms with Crippen molar-refractivity contribution in [3.63, 3.8) is 0 Å². The van der Waals surface area contributed by atoms with Crippen LogP contribution in [0.1, 0.15) is 38.9 Å². The lowest BCUT2D eigenvalue weighted by Crippen LogP contribution is -2.17. The highest BCUT2D eigenvalue weighted by atomic mass is 32.2. The summed E-state index contributed by atoms with van der Waals surface area (Å²) in [6, 6.07) is 0. The number of nitrogens with zero attached hydrogens (tertiary/aromatic N) is 2. The van der Waals surface area contributed by atoms with Gasteiger partial charge >= 0.3 is 0 Å². The van der Waals surface area contributed by atoms with Crippen LogP contribution >= 0.6 is 0 Å². The van der Waals surface area contributed by atoms with Gasteiger partial charge < -0.3 is 4.57 Å². The second-order valence-electron chi connectivity index (χ2n) is 4.98. The quantitative estimate of drug-likeness (QED) is 0.784. The van der Waals surface area contributed by atoms with Crippen molar-refractivity contribution in [2.75, 3.05) is 11.5 Å². The molecule has 20 heavy (non-hydrogen) atoms. The third-order valence-electron chi connectivity index (χ3n) is 2.75. The lowest BCUT2D eigenvalue weighted by molar-refractivity contribution is 0.581. The first-order chi connectivity index (χ1) is 9.07. The van der Waals surface area contributed by atoms with Gasteiger partial charge in [0.1, 0.15) is 5.82 Å². The highest BCUT2D eigenvalue weighted by Gasteiger charge is 2.19. The fraction of sp³-hybridized carbons (Fsp3) is 0.727. The number of imidazole rings is 1. The van der Waals surface area contributed by atoms with E-state index in [1.165, 1.54) is 6.20 Å². The van der Waals surface area contributed by atoms with Crippen LogP contribution in [0, 0.1) is 0 Å². The number of sulfonamides is 1. The molecule has 116 valence electrons. The zero-order valence-electron chi connectivity index (χ0n) is 11.9. The average Bonchev–Trinajstić information content (AvgIpc) is 2.70. The van der Waals surface area contributed by atoms with E-state index < -0.39 is 19.9 Å². The highest BCUT2D eigenvalue weighted by molar-refractivity contribution is 7.91. The number of nitrogens with two attached hydrogens (primary N) is 1. The minimum absolute atomic E-state index is 0.0284. The standard InChI is InChI=1S/C11H21N3O4S2/c1-4-6-19(15,16)7-5-14-8-10(20(12,17)18)13-11(14)9(2)3/h8-9H,4-7H2,1-3H3,(H2,12,17,18). The molecule has 0 atom stereocenters. The van der Waals surface area contributed by atoms with Gasteiger partial charge in [-0.05, 0) is 6.42 Å². The molecule has 2 N–H and O–H groups in total. The van der Waals surface area contributed by atoms with Crippen LogP contribution in [0.4, 0.5) is 0 Å². The minimum Gasteiger partial charge on any atom is -0.332 e. The van der Waals surface area contributed by atoms with E-state index in [4.69, 9.17) is 5.14 Å². The maximum Gasteiger partial charge on any atom is 0.257 e. The van der Waals surface area contributed by atoms with E-state index in [-0.39, 0.29) is 29.0 Å². The Hall–Kier alpha value is -0.930. The third-order valence-corrected chi connectivity index (χ3v) is 5.37. The van der Waals surface area contributed by atoms with Gasteiger partial charge in [0.2, 0.25) is 0 Å². The Labute approximate surface area is 120 Å². The summed E-state index contributed by atoms with van der Waals surface area (Å²) in [4.78, 5) is 3.98. The molecule has 0 saturated heterocycles. The smallest absolute Gasteiger partial charge is 0.257 e. The number of aryl methyl sites for hydroxylation is 1. The fourth-order valence-corrected chi connectivity index (χ4v) is 3.63. The minimum atomic E-state index is -3.88. The predicted molar refractivity (Wildman–Crippen MR) is 76.6 cm³/mol. The molecule has 0 aliphatic carbocycles. The molecule has 1 heterocycles. The molecule has 0 aromatic carbocycles. The van der Waals surface area contributed by atoms with Crippen LogP contribution in [-0.2, 0) is 26.4 Å². The van der Waals surface area contributed by atoms with Gasteiger partial charge in [-0.3, -0.25) is 0 Å². The molecule has 0 fully saturated rings. The topological polar surface area (TPSA) is 112 Å². The van der Waals surface area contributed by atoms with Crippen LogP contribution in [0.5, 0.6) is 0 Å². The van der Waals surface area contributed by atoms with E-state index in [0.717, 1.165) is 0 Å². The molecule has 9 heteroatoms. The monoisotopic (exact) mass is 323 g/mol. The maximum atomic E-state index is 11.7. The molecule has 0 amide bonds. The first kappa shape index (κ1) is 17.1. The molecule has 0 saturated carbocycles. The highest BCUT2D eigenvalue weighted by Crippen LogP contribution is 2.16. The van der Waals surface area contributed by atoms with Gasteiger partial charge in [0.05, 0.1) is 5.75 Å². The molecule has 0 aliphatic rings. The van der Waals surface area contributed by atoms with E-state index in [2.05, 4.69) is 4.98 Å². The normalized spacial score (nSPS) is 13.1. The number of primary sulfonamides is 1. The Kier molecular flexibility index (Phi) is 5.33. The van der Waals surface area contributed by atoms with Crippen molar-refractivity contribution >= 4 is 19.9 Å². The van der Waals surface area contributed by atoms with Gasteiger partial charge in [-0.25, -0.2) is 27.0 Å². The number of sulfone groups is 1. The maximum absolute atomic E-state index is 11.7. The number of hydrogen-bond acceptors (Lipinski definition) is 5. The van der Waals surface area contributed by atoms with Crippen molar-refractivity contribution in [2.24, 2.45) is 5.14 Å². The van der Waals surface area contributed by atoms with Crippen molar-refractivity contribution in [1.29, 1.82) is 0 Å². The molecule has 1 aromatic heterocycles. The SMILES string of the molecule is CCCS(=O)(=O)CCn1cc(S(N)(=O)=O)nc1C(C)C. The average molecular weight is 323 g/mol. The summed E-state index contributed by atoms with van der Waals surface area (Å²) in [5.41, 5.74) is 0. The number of rotatable bonds is 7. The van der Waals surface area contributed by atoms with Crippen LogP contribution in [0.25, 0.3) is 0 Å². The Morgan fingerprint density at radius 3 is 2.30 bits per heavy atom. The van der Waals surface area contributed by atoms with Gasteiger partial charge in [-0.2, -0.15) is 0 Å². The first-order valence-electron chi connectivity index (χ1n) is 6.37. The summed E-state index contributed by atoms with van der Waals surface area (Å²) in [5, 5.41) is 4.82. The van der Waals surface area contributed by atoms with E-state index in [9.17, 15) is 16.8 Å². The Morgan fingerprint density at radius 1 is 1.25 bits per heavy atom. The lowest BCUT2D eigenvalue weighted by atomic mass is 10.2. The van der Waals surface area contributed by atoms with E-state index in [1.807, 2.05) is 13.8 Å². The molecule has 0 radical (unpaired) electrons. The zero-order chi connectivity index (χ0) is 15.6. The lowest BCUT2D eigenvalue weighted by Gasteiger charge is -2.10. The fourth-order valence-electron chi connectivity index (χ4n) is 1.83. The van der Waals surface area contributed by atoms with Crippen molar-refractivity contribution < 1.29 is 16.8 Å². The molecule has 1 rings (SSSR count). The molecular formula is C11H21N3O4S2. The van der Waals surface area contributed by atoms with Gasteiger partial charge in [-0.15, -0.1) is 0 Å². The molecule has 7 nitrogen and oxygen atoms in total. The van der Waals surface area contributed by atoms with Crippen molar-refractivity contribution in [1.82, 2.24) is 9.55 Å². The van der Waals surface area contributed by atoms with E-state index in [1.54, 1.807) is 11.5 Å². The molecule has 1 aromatic rings. The molecule has 0 bridgehead atoms. The van der Waals surface area contributed by atoms with Gasteiger partial charge in [0, 0.05) is 24.4 Å². The molecule has 0 unspecified atom stereocenters. The van der Waals surface area contributed by atoms with E-state index in [0.29, 0.717) is 12.2 Å². The summed E-state index contributed by atoms with van der Waals surface area (Å²) < 4.78 is 47.6. The number of hydrogen-bond donors (Lipinski definition) is 1. The summed E-state index contributed by atoms with van der Waals surface area (Å²) in [5.74, 6) is 0.571. The molecule has 0 spiro atoms. The largest absolute Gasteiger partial charge is 0.332 e. The zero-order valence-corrected chi connectivity index (χ0v) is 13.5. The Balaban J connectivity index is 3.03. The second kappa shape index (κ2) is 6.23. The number of aromatic nitrogens is 2.